The van der Waals surface area contributed by atoms with Crippen LogP contribution in [0, 0.1) is 5.92 Å². The van der Waals surface area contributed by atoms with Crippen LogP contribution in [0.2, 0.25) is 0 Å². The lowest BCUT2D eigenvalue weighted by Crippen LogP contribution is -2.40. The van der Waals surface area contributed by atoms with Crippen molar-refractivity contribution >= 4 is 5.91 Å². The molecule has 0 saturated carbocycles. The molecule has 0 spiro atoms. The Morgan fingerprint density at radius 3 is 2.54 bits per heavy atom. The number of aromatic amines is 1. The van der Waals surface area contributed by atoms with Gasteiger partial charge in [0.25, 0.3) is 5.56 Å². The van der Waals surface area contributed by atoms with Crippen LogP contribution in [0.25, 0.3) is 0 Å². The van der Waals surface area contributed by atoms with Crippen molar-refractivity contribution in [3.05, 3.63) is 33.1 Å². The number of carbonyl (C=O) groups excluding carboxylic acids is 1. The summed E-state index contributed by atoms with van der Waals surface area (Å²) in [6, 6.07) is 1.14. The van der Waals surface area contributed by atoms with Crippen molar-refractivity contribution in [2.45, 2.75) is 13.8 Å². The van der Waals surface area contributed by atoms with Gasteiger partial charge in [0, 0.05) is 18.2 Å². The van der Waals surface area contributed by atoms with E-state index in [9.17, 15) is 14.4 Å². The van der Waals surface area contributed by atoms with Crippen molar-refractivity contribution in [2.75, 3.05) is 0 Å². The molecule has 0 aliphatic rings. The molecule has 70 valence electrons. The minimum absolute atomic E-state index is 0.374. The number of hydrogen-bond acceptors (Lipinski definition) is 3. The van der Waals surface area contributed by atoms with Crippen LogP contribution >= 0.6 is 0 Å². The molecule has 1 heterocycles. The molecule has 0 atom stereocenters. The second kappa shape index (κ2) is 3.38. The summed E-state index contributed by atoms with van der Waals surface area (Å²) in [6.07, 6.45) is 1.22. The summed E-state index contributed by atoms with van der Waals surface area (Å²) >= 11 is 0. The number of nitrogens with zero attached hydrogens (tertiary/aromatic N) is 1. The van der Waals surface area contributed by atoms with E-state index in [0.29, 0.717) is 4.57 Å². The number of nitrogens with one attached hydrogen (secondary N) is 1. The highest BCUT2D eigenvalue weighted by Gasteiger charge is 2.13. The SMILES string of the molecule is CC(C)C(=O)n1c(=O)cc[nH]c1=O. The topological polar surface area (TPSA) is 71.9 Å². The van der Waals surface area contributed by atoms with Crippen LogP contribution in [-0.4, -0.2) is 15.5 Å². The Morgan fingerprint density at radius 1 is 1.46 bits per heavy atom. The molecule has 0 aromatic carbocycles. The normalized spacial score (nSPS) is 10.4. The zero-order valence-corrected chi connectivity index (χ0v) is 7.40. The maximum absolute atomic E-state index is 11.3. The zero-order chi connectivity index (χ0) is 10.0. The minimum Gasteiger partial charge on any atom is -0.314 e. The van der Waals surface area contributed by atoms with Gasteiger partial charge in [0.1, 0.15) is 0 Å². The molecule has 1 N–H and O–H groups in total. The molecule has 1 rings (SSSR count). The van der Waals surface area contributed by atoms with Crippen molar-refractivity contribution < 1.29 is 4.79 Å². The maximum Gasteiger partial charge on any atom is 0.335 e. The summed E-state index contributed by atoms with van der Waals surface area (Å²) in [6.45, 7) is 3.25. The summed E-state index contributed by atoms with van der Waals surface area (Å²) in [5.74, 6) is -0.868. The predicted molar refractivity (Wildman–Crippen MR) is 46.8 cm³/mol. The molecular formula is C8H10N2O3. The molecule has 13 heavy (non-hydrogen) atoms. The van der Waals surface area contributed by atoms with Crippen LogP contribution in [0.4, 0.5) is 0 Å². The van der Waals surface area contributed by atoms with E-state index in [4.69, 9.17) is 0 Å². The van der Waals surface area contributed by atoms with Gasteiger partial charge in [-0.05, 0) is 0 Å². The summed E-state index contributed by atoms with van der Waals surface area (Å²) in [5, 5.41) is 0. The Bertz CT molecular complexity index is 399. The Balaban J connectivity index is 3.38. The van der Waals surface area contributed by atoms with E-state index in [-0.39, 0.29) is 5.92 Å². The molecule has 0 bridgehead atoms. The first-order chi connectivity index (χ1) is 6.04. The third-order valence-electron chi connectivity index (χ3n) is 1.57. The summed E-state index contributed by atoms with van der Waals surface area (Å²) in [7, 11) is 0. The van der Waals surface area contributed by atoms with Gasteiger partial charge >= 0.3 is 5.69 Å². The third-order valence-corrected chi connectivity index (χ3v) is 1.57. The largest absolute Gasteiger partial charge is 0.335 e. The predicted octanol–water partition coefficient (Wildman–Crippen LogP) is -0.167. The molecule has 0 aliphatic carbocycles. The van der Waals surface area contributed by atoms with Gasteiger partial charge in [0.05, 0.1) is 0 Å². The first kappa shape index (κ1) is 9.44. The minimum atomic E-state index is -0.689. The highest BCUT2D eigenvalue weighted by molar-refractivity contribution is 5.80. The van der Waals surface area contributed by atoms with Crippen LogP contribution < -0.4 is 11.2 Å². The Labute approximate surface area is 74.0 Å². The molecule has 0 unspecified atom stereocenters. The molecule has 0 fully saturated rings. The molecule has 1 aromatic heterocycles. The number of aromatic nitrogens is 2. The molecule has 0 saturated heterocycles. The van der Waals surface area contributed by atoms with E-state index in [0.717, 1.165) is 6.07 Å². The molecular weight excluding hydrogens is 172 g/mol. The third kappa shape index (κ3) is 1.74. The van der Waals surface area contributed by atoms with E-state index in [1.807, 2.05) is 0 Å². The van der Waals surface area contributed by atoms with E-state index < -0.39 is 17.2 Å². The van der Waals surface area contributed by atoms with Gasteiger partial charge in [0.2, 0.25) is 5.91 Å². The highest BCUT2D eigenvalue weighted by Crippen LogP contribution is 1.92. The number of rotatable bonds is 1. The van der Waals surface area contributed by atoms with Crippen LogP contribution in [0.15, 0.2) is 21.9 Å². The molecule has 1 aromatic rings. The number of carbonyl (C=O) groups is 1. The van der Waals surface area contributed by atoms with Gasteiger partial charge in [-0.3, -0.25) is 9.59 Å². The van der Waals surface area contributed by atoms with Gasteiger partial charge in [0.15, 0.2) is 0 Å². The van der Waals surface area contributed by atoms with Gasteiger partial charge < -0.3 is 4.98 Å². The Kier molecular flexibility index (Phi) is 2.46. The van der Waals surface area contributed by atoms with Crippen molar-refractivity contribution in [1.29, 1.82) is 0 Å². The average molecular weight is 182 g/mol. The van der Waals surface area contributed by atoms with Crippen molar-refractivity contribution in [3.63, 3.8) is 0 Å². The van der Waals surface area contributed by atoms with Gasteiger partial charge in [-0.1, -0.05) is 13.8 Å². The lowest BCUT2D eigenvalue weighted by molar-refractivity contribution is 0.0844. The monoisotopic (exact) mass is 182 g/mol. The fourth-order valence-electron chi connectivity index (χ4n) is 0.890. The number of H-pyrrole nitrogens is 1. The summed E-state index contributed by atoms with van der Waals surface area (Å²) in [5.41, 5.74) is -1.28. The highest BCUT2D eigenvalue weighted by atomic mass is 16.2. The standard InChI is InChI=1S/C8H10N2O3/c1-5(2)7(12)10-6(11)3-4-9-8(10)13/h3-5H,1-2H3,(H,9,13). The zero-order valence-electron chi connectivity index (χ0n) is 7.40. The van der Waals surface area contributed by atoms with Crippen molar-refractivity contribution in [3.8, 4) is 0 Å². The smallest absolute Gasteiger partial charge is 0.314 e. The molecule has 5 heteroatoms. The van der Waals surface area contributed by atoms with Gasteiger partial charge in [-0.2, -0.15) is 4.57 Å². The lowest BCUT2D eigenvalue weighted by atomic mass is 10.2. The van der Waals surface area contributed by atoms with Crippen LogP contribution in [-0.2, 0) is 0 Å². The van der Waals surface area contributed by atoms with Gasteiger partial charge in [-0.15, -0.1) is 0 Å². The molecule has 0 aliphatic heterocycles. The van der Waals surface area contributed by atoms with E-state index in [2.05, 4.69) is 4.98 Å². The quantitative estimate of drug-likeness (QED) is 0.655. The average Bonchev–Trinajstić information content (AvgIpc) is 2.03. The van der Waals surface area contributed by atoms with Crippen LogP contribution in [0.3, 0.4) is 0 Å². The fourth-order valence-corrected chi connectivity index (χ4v) is 0.890. The van der Waals surface area contributed by atoms with Crippen molar-refractivity contribution in [2.24, 2.45) is 5.92 Å². The second-order valence-corrected chi connectivity index (χ2v) is 2.95. The van der Waals surface area contributed by atoms with Crippen LogP contribution in [0.1, 0.15) is 18.6 Å². The van der Waals surface area contributed by atoms with E-state index in [1.165, 1.54) is 6.20 Å². The first-order valence-corrected chi connectivity index (χ1v) is 3.89. The Hall–Kier alpha value is -1.65. The first-order valence-electron chi connectivity index (χ1n) is 3.89. The van der Waals surface area contributed by atoms with Crippen molar-refractivity contribution in [1.82, 2.24) is 9.55 Å². The number of hydrogen-bond donors (Lipinski definition) is 1. The molecule has 0 amide bonds. The fraction of sp³-hybridized carbons (Fsp3) is 0.375. The second-order valence-electron chi connectivity index (χ2n) is 2.95. The van der Waals surface area contributed by atoms with Gasteiger partial charge in [-0.25, -0.2) is 4.79 Å². The van der Waals surface area contributed by atoms with Crippen LogP contribution in [0.5, 0.6) is 0 Å². The summed E-state index contributed by atoms with van der Waals surface area (Å²) < 4.78 is 0.602. The maximum atomic E-state index is 11.3. The lowest BCUT2D eigenvalue weighted by Gasteiger charge is -2.03. The Morgan fingerprint density at radius 2 is 2.08 bits per heavy atom. The van der Waals surface area contributed by atoms with E-state index in [1.54, 1.807) is 13.8 Å². The molecule has 5 nitrogen and oxygen atoms in total. The summed E-state index contributed by atoms with van der Waals surface area (Å²) in [4.78, 5) is 35.8. The van der Waals surface area contributed by atoms with E-state index >= 15 is 0 Å². The molecule has 0 radical (unpaired) electrons.